The summed E-state index contributed by atoms with van der Waals surface area (Å²) in [5.74, 6) is -1.22. The first-order valence-corrected chi connectivity index (χ1v) is 9.62. The van der Waals surface area contributed by atoms with E-state index >= 15 is 0 Å². The highest BCUT2D eigenvalue weighted by molar-refractivity contribution is 5.93. The highest BCUT2D eigenvalue weighted by Crippen LogP contribution is 2.37. The largest absolute Gasteiger partial charge is 0.481 e. The molecule has 5 heteroatoms. The number of rotatable bonds is 12. The van der Waals surface area contributed by atoms with E-state index in [0.29, 0.717) is 32.1 Å². The normalized spacial score (nSPS) is 24.6. The fourth-order valence-electron chi connectivity index (χ4n) is 3.40. The average Bonchev–Trinajstić information content (AvgIpc) is 2.86. The number of carboxylic acid groups (broad SMARTS) is 1. The number of alkyl halides is 1. The Labute approximate surface area is 155 Å². The van der Waals surface area contributed by atoms with E-state index in [0.717, 1.165) is 6.42 Å². The molecule has 4 nitrogen and oxygen atoms in total. The third-order valence-corrected chi connectivity index (χ3v) is 4.98. The maximum atomic E-state index is 13.8. The monoisotopic (exact) mass is 366 g/mol. The zero-order valence-electron chi connectivity index (χ0n) is 15.8. The van der Waals surface area contributed by atoms with Crippen LogP contribution in [0.4, 0.5) is 4.39 Å². The van der Waals surface area contributed by atoms with Crippen molar-refractivity contribution in [2.75, 3.05) is 0 Å². The molecule has 1 aliphatic rings. The maximum Gasteiger partial charge on any atom is 0.303 e. The number of halogens is 1. The zero-order valence-corrected chi connectivity index (χ0v) is 15.8. The third-order valence-electron chi connectivity index (χ3n) is 4.98. The Morgan fingerprint density at radius 3 is 2.69 bits per heavy atom. The highest BCUT2D eigenvalue weighted by Gasteiger charge is 2.37. The van der Waals surface area contributed by atoms with Gasteiger partial charge in [-0.05, 0) is 43.6 Å². The van der Waals surface area contributed by atoms with E-state index < -0.39 is 17.9 Å². The zero-order chi connectivity index (χ0) is 19.5. The molecule has 1 N–H and O–H groups in total. The second kappa shape index (κ2) is 11.8. The summed E-state index contributed by atoms with van der Waals surface area (Å²) in [6.07, 6.45) is 9.66. The lowest BCUT2D eigenvalue weighted by molar-refractivity contribution is -0.137. The molecule has 146 valence electrons. The van der Waals surface area contributed by atoms with Crippen LogP contribution >= 0.6 is 0 Å². The van der Waals surface area contributed by atoms with Crippen LogP contribution in [0.5, 0.6) is 0 Å². The SMILES string of the molecule is CCCC[C@@H](F)C(=O)/C=C/[C@H]1[C@H](C)CC(=O)[C@@H]1C/C=C\CCCC(=O)O. The van der Waals surface area contributed by atoms with Gasteiger partial charge in [-0.15, -0.1) is 0 Å². The van der Waals surface area contributed by atoms with Crippen LogP contribution in [0.1, 0.15) is 65.2 Å². The van der Waals surface area contributed by atoms with Crippen molar-refractivity contribution in [3.05, 3.63) is 24.3 Å². The second-order valence-electron chi connectivity index (χ2n) is 7.20. The third kappa shape index (κ3) is 7.63. The van der Waals surface area contributed by atoms with Crippen LogP contribution in [0.15, 0.2) is 24.3 Å². The summed E-state index contributed by atoms with van der Waals surface area (Å²) in [6, 6.07) is 0. The number of Topliss-reactive ketones (excluding diaryl/α,β-unsaturated/α-hetero) is 1. The molecular weight excluding hydrogens is 335 g/mol. The van der Waals surface area contributed by atoms with Crippen molar-refractivity contribution in [3.8, 4) is 0 Å². The molecule has 0 bridgehead atoms. The molecule has 0 radical (unpaired) electrons. The van der Waals surface area contributed by atoms with Gasteiger partial charge in [0.2, 0.25) is 0 Å². The van der Waals surface area contributed by atoms with Crippen LogP contribution in [-0.2, 0) is 14.4 Å². The van der Waals surface area contributed by atoms with Gasteiger partial charge in [0.05, 0.1) is 0 Å². The lowest BCUT2D eigenvalue weighted by Gasteiger charge is -2.16. The molecule has 26 heavy (non-hydrogen) atoms. The van der Waals surface area contributed by atoms with E-state index in [1.807, 2.05) is 26.0 Å². The molecule has 0 heterocycles. The number of carbonyl (C=O) groups excluding carboxylic acids is 2. The molecule has 0 aromatic rings. The van der Waals surface area contributed by atoms with Gasteiger partial charge < -0.3 is 5.11 Å². The van der Waals surface area contributed by atoms with Gasteiger partial charge in [-0.3, -0.25) is 14.4 Å². The van der Waals surface area contributed by atoms with E-state index in [1.165, 1.54) is 6.08 Å². The minimum atomic E-state index is -1.45. The first-order valence-electron chi connectivity index (χ1n) is 9.62. The van der Waals surface area contributed by atoms with Crippen molar-refractivity contribution < 1.29 is 23.9 Å². The maximum absolute atomic E-state index is 13.8. The summed E-state index contributed by atoms with van der Waals surface area (Å²) in [4.78, 5) is 34.6. The number of ketones is 2. The quantitative estimate of drug-likeness (QED) is 0.309. The van der Waals surface area contributed by atoms with E-state index in [9.17, 15) is 18.8 Å². The molecule has 1 rings (SSSR count). The van der Waals surface area contributed by atoms with Crippen LogP contribution < -0.4 is 0 Å². The fourth-order valence-corrected chi connectivity index (χ4v) is 3.40. The van der Waals surface area contributed by atoms with Gasteiger partial charge in [0.15, 0.2) is 12.0 Å². The topological polar surface area (TPSA) is 71.4 Å². The molecule has 0 aromatic heterocycles. The number of aliphatic carboxylic acids is 1. The fraction of sp³-hybridized carbons (Fsp3) is 0.667. The van der Waals surface area contributed by atoms with Crippen molar-refractivity contribution in [2.45, 2.75) is 71.4 Å². The van der Waals surface area contributed by atoms with Crippen LogP contribution in [-0.4, -0.2) is 28.8 Å². The van der Waals surface area contributed by atoms with Crippen LogP contribution in [0.25, 0.3) is 0 Å². The predicted molar refractivity (Wildman–Crippen MR) is 99.6 cm³/mol. The van der Waals surface area contributed by atoms with Crippen molar-refractivity contribution in [3.63, 3.8) is 0 Å². The van der Waals surface area contributed by atoms with Gasteiger partial charge in [-0.1, -0.05) is 44.9 Å². The van der Waals surface area contributed by atoms with Crippen LogP contribution in [0, 0.1) is 17.8 Å². The van der Waals surface area contributed by atoms with Crippen molar-refractivity contribution >= 4 is 17.5 Å². The summed E-state index contributed by atoms with van der Waals surface area (Å²) in [5.41, 5.74) is 0. The van der Waals surface area contributed by atoms with Gasteiger partial charge in [-0.2, -0.15) is 0 Å². The summed E-state index contributed by atoms with van der Waals surface area (Å²) in [7, 11) is 0. The van der Waals surface area contributed by atoms with Crippen molar-refractivity contribution in [1.82, 2.24) is 0 Å². The number of unbranched alkanes of at least 4 members (excludes halogenated alkanes) is 2. The summed E-state index contributed by atoms with van der Waals surface area (Å²) in [6.45, 7) is 3.94. The van der Waals surface area contributed by atoms with E-state index in [4.69, 9.17) is 5.11 Å². The van der Waals surface area contributed by atoms with Crippen LogP contribution in [0.3, 0.4) is 0 Å². The molecule has 0 amide bonds. The Hall–Kier alpha value is -1.78. The summed E-state index contributed by atoms with van der Waals surface area (Å²) < 4.78 is 13.8. The molecule has 1 fully saturated rings. The molecule has 1 saturated carbocycles. The molecule has 1 aliphatic carbocycles. The first kappa shape index (κ1) is 22.3. The molecule has 0 aliphatic heterocycles. The molecule has 0 spiro atoms. The number of allylic oxidation sites excluding steroid dienone is 4. The second-order valence-corrected chi connectivity index (χ2v) is 7.20. The van der Waals surface area contributed by atoms with Gasteiger partial charge in [0.1, 0.15) is 5.78 Å². The van der Waals surface area contributed by atoms with E-state index in [-0.39, 0.29) is 36.4 Å². The predicted octanol–water partition coefficient (Wildman–Crippen LogP) is 4.68. The molecule has 0 aromatic carbocycles. The van der Waals surface area contributed by atoms with Gasteiger partial charge in [0.25, 0.3) is 0 Å². The number of hydrogen-bond donors (Lipinski definition) is 1. The Morgan fingerprint density at radius 1 is 1.31 bits per heavy atom. The van der Waals surface area contributed by atoms with E-state index in [1.54, 1.807) is 6.08 Å². The van der Waals surface area contributed by atoms with Gasteiger partial charge >= 0.3 is 5.97 Å². The lowest BCUT2D eigenvalue weighted by atomic mass is 9.87. The minimum absolute atomic E-state index is 0.0477. The summed E-state index contributed by atoms with van der Waals surface area (Å²) >= 11 is 0. The molecule has 4 atom stereocenters. The molecule has 0 saturated heterocycles. The Bertz CT molecular complexity index is 538. The molecule has 0 unspecified atom stereocenters. The standard InChI is InChI=1S/C21H31FO4/c1-3-4-10-18(22)19(23)13-12-16-15(2)14-20(24)17(16)9-7-5-6-8-11-21(25)26/h5,7,12-13,15-18H,3-4,6,8-11,14H2,1-2H3,(H,25,26)/b7-5-,13-12+/t15-,16+,17-,18-/m1/s1. The van der Waals surface area contributed by atoms with Gasteiger partial charge in [-0.25, -0.2) is 4.39 Å². The number of carboxylic acids is 1. The lowest BCUT2D eigenvalue weighted by Crippen LogP contribution is -2.17. The highest BCUT2D eigenvalue weighted by atomic mass is 19.1. The van der Waals surface area contributed by atoms with Crippen molar-refractivity contribution in [1.29, 1.82) is 0 Å². The van der Waals surface area contributed by atoms with Gasteiger partial charge in [0, 0.05) is 18.8 Å². The molecular formula is C21H31FO4. The Morgan fingerprint density at radius 2 is 2.04 bits per heavy atom. The first-order chi connectivity index (χ1) is 12.4. The number of hydrogen-bond acceptors (Lipinski definition) is 3. The van der Waals surface area contributed by atoms with Crippen LogP contribution in [0.2, 0.25) is 0 Å². The van der Waals surface area contributed by atoms with Crippen molar-refractivity contribution in [2.24, 2.45) is 17.8 Å². The van der Waals surface area contributed by atoms with E-state index in [2.05, 4.69) is 0 Å². The Balaban J connectivity index is 2.57. The smallest absolute Gasteiger partial charge is 0.303 e. The Kier molecular flexibility index (Phi) is 10.1. The average molecular weight is 366 g/mol. The minimum Gasteiger partial charge on any atom is -0.481 e. The summed E-state index contributed by atoms with van der Waals surface area (Å²) in [5, 5.41) is 8.60. The number of carbonyl (C=O) groups is 3.